The zero-order valence-corrected chi connectivity index (χ0v) is 14.6. The molecule has 2 aromatic carbocycles. The van der Waals surface area contributed by atoms with Crippen molar-refractivity contribution in [3.8, 4) is 0 Å². The lowest BCUT2D eigenvalue weighted by atomic mass is 10.1. The first kappa shape index (κ1) is 18.9. The van der Waals surface area contributed by atoms with Gasteiger partial charge in [-0.05, 0) is 24.6 Å². The summed E-state index contributed by atoms with van der Waals surface area (Å²) < 4.78 is 51.5. The van der Waals surface area contributed by atoms with Crippen LogP contribution in [0.1, 0.15) is 18.5 Å². The largest absolute Gasteiger partial charge is 0.348 e. The maximum Gasteiger partial charge on any atom is 0.241 e. The average Bonchev–Trinajstić information content (AvgIpc) is 2.53. The van der Waals surface area contributed by atoms with Gasteiger partial charge < -0.3 is 5.32 Å². The molecule has 0 bridgehead atoms. The van der Waals surface area contributed by atoms with Crippen LogP contribution in [0.4, 0.5) is 14.5 Å². The van der Waals surface area contributed by atoms with Gasteiger partial charge in [-0.25, -0.2) is 17.2 Å². The second-order valence-electron chi connectivity index (χ2n) is 5.57. The van der Waals surface area contributed by atoms with E-state index >= 15 is 0 Å². The number of nitrogens with zero attached hydrogens (tertiary/aromatic N) is 1. The van der Waals surface area contributed by atoms with Crippen molar-refractivity contribution in [2.24, 2.45) is 0 Å². The number of nitrogens with one attached hydrogen (secondary N) is 1. The molecule has 0 aliphatic rings. The first-order valence-electron chi connectivity index (χ1n) is 7.45. The van der Waals surface area contributed by atoms with Crippen LogP contribution in [0.3, 0.4) is 0 Å². The molecule has 25 heavy (non-hydrogen) atoms. The Kier molecular flexibility index (Phi) is 5.73. The summed E-state index contributed by atoms with van der Waals surface area (Å²) in [5, 5.41) is 2.66. The molecule has 0 spiro atoms. The Morgan fingerprint density at radius 1 is 1.16 bits per heavy atom. The van der Waals surface area contributed by atoms with Crippen LogP contribution in [-0.2, 0) is 14.8 Å². The minimum Gasteiger partial charge on any atom is -0.348 e. The minimum atomic E-state index is -3.94. The smallest absolute Gasteiger partial charge is 0.241 e. The fourth-order valence-corrected chi connectivity index (χ4v) is 3.16. The van der Waals surface area contributed by atoms with E-state index in [1.807, 2.05) is 30.3 Å². The van der Waals surface area contributed by atoms with E-state index in [2.05, 4.69) is 5.32 Å². The van der Waals surface area contributed by atoms with Crippen LogP contribution in [0.5, 0.6) is 0 Å². The van der Waals surface area contributed by atoms with Crippen LogP contribution in [-0.4, -0.2) is 27.1 Å². The highest BCUT2D eigenvalue weighted by molar-refractivity contribution is 7.92. The molecule has 2 rings (SSSR count). The van der Waals surface area contributed by atoms with Gasteiger partial charge in [-0.1, -0.05) is 30.3 Å². The van der Waals surface area contributed by atoms with E-state index in [4.69, 9.17) is 0 Å². The number of sulfonamides is 1. The molecular formula is C17H18F2N2O3S. The maximum absolute atomic E-state index is 13.9. The van der Waals surface area contributed by atoms with E-state index in [-0.39, 0.29) is 11.7 Å². The SMILES string of the molecule is C[C@@H](NC(=O)CN(c1ccc(F)cc1F)S(C)(=O)=O)c1ccccc1. The zero-order valence-electron chi connectivity index (χ0n) is 13.7. The van der Waals surface area contributed by atoms with Crippen LogP contribution < -0.4 is 9.62 Å². The molecule has 5 nitrogen and oxygen atoms in total. The van der Waals surface area contributed by atoms with Gasteiger partial charge >= 0.3 is 0 Å². The normalized spacial score (nSPS) is 12.5. The molecule has 0 aliphatic carbocycles. The summed E-state index contributed by atoms with van der Waals surface area (Å²) in [6, 6.07) is 11.2. The van der Waals surface area contributed by atoms with E-state index in [1.54, 1.807) is 6.92 Å². The van der Waals surface area contributed by atoms with Gasteiger partial charge in [-0.3, -0.25) is 9.10 Å². The van der Waals surface area contributed by atoms with Crippen molar-refractivity contribution >= 4 is 21.6 Å². The quantitative estimate of drug-likeness (QED) is 0.852. The molecule has 1 atom stereocenters. The summed E-state index contributed by atoms with van der Waals surface area (Å²) in [6.45, 7) is 1.13. The first-order valence-corrected chi connectivity index (χ1v) is 9.30. The predicted octanol–water partition coefficient (Wildman–Crippen LogP) is 2.61. The monoisotopic (exact) mass is 368 g/mol. The highest BCUT2D eigenvalue weighted by atomic mass is 32.2. The zero-order chi connectivity index (χ0) is 18.6. The van der Waals surface area contributed by atoms with Crippen molar-refractivity contribution in [3.63, 3.8) is 0 Å². The second kappa shape index (κ2) is 7.60. The van der Waals surface area contributed by atoms with Crippen LogP contribution in [0.15, 0.2) is 48.5 Å². The highest BCUT2D eigenvalue weighted by Crippen LogP contribution is 2.22. The van der Waals surface area contributed by atoms with Crippen molar-refractivity contribution in [2.75, 3.05) is 17.1 Å². The summed E-state index contributed by atoms with van der Waals surface area (Å²) in [7, 11) is -3.94. The molecule has 0 unspecified atom stereocenters. The second-order valence-corrected chi connectivity index (χ2v) is 7.47. The molecule has 1 N–H and O–H groups in total. The average molecular weight is 368 g/mol. The van der Waals surface area contributed by atoms with Gasteiger partial charge in [0.15, 0.2) is 0 Å². The van der Waals surface area contributed by atoms with E-state index in [1.165, 1.54) is 0 Å². The topological polar surface area (TPSA) is 66.5 Å². The van der Waals surface area contributed by atoms with Gasteiger partial charge in [-0.2, -0.15) is 0 Å². The van der Waals surface area contributed by atoms with Gasteiger partial charge in [0.1, 0.15) is 18.2 Å². The maximum atomic E-state index is 13.9. The van der Waals surface area contributed by atoms with Gasteiger partial charge in [0.05, 0.1) is 18.0 Å². The number of halogens is 2. The number of amides is 1. The molecule has 1 amide bonds. The Morgan fingerprint density at radius 3 is 2.36 bits per heavy atom. The lowest BCUT2D eigenvalue weighted by Crippen LogP contribution is -2.41. The molecule has 0 aromatic heterocycles. The Hall–Kier alpha value is -2.48. The Bertz CT molecular complexity index is 857. The molecule has 0 fully saturated rings. The Morgan fingerprint density at radius 2 is 1.80 bits per heavy atom. The van der Waals surface area contributed by atoms with Crippen molar-refractivity contribution < 1.29 is 22.0 Å². The van der Waals surface area contributed by atoms with Gasteiger partial charge in [0, 0.05) is 6.07 Å². The summed E-state index contributed by atoms with van der Waals surface area (Å²) in [6.07, 6.45) is 0.851. The molecule has 0 saturated carbocycles. The van der Waals surface area contributed by atoms with Gasteiger partial charge in [-0.15, -0.1) is 0 Å². The molecule has 0 radical (unpaired) electrons. The predicted molar refractivity (Wildman–Crippen MR) is 91.5 cm³/mol. The van der Waals surface area contributed by atoms with E-state index in [9.17, 15) is 22.0 Å². The minimum absolute atomic E-state index is 0.354. The number of carbonyl (C=O) groups is 1. The number of benzene rings is 2. The standard InChI is InChI=1S/C17H18F2N2O3S/c1-12(13-6-4-3-5-7-13)20-17(22)11-21(25(2,23)24)16-9-8-14(18)10-15(16)19/h3-10,12H,11H2,1-2H3,(H,20,22)/t12-/m1/s1. The Balaban J connectivity index is 2.19. The molecule has 2 aromatic rings. The number of hydrogen-bond acceptors (Lipinski definition) is 3. The molecule has 134 valence electrons. The third-order valence-corrected chi connectivity index (χ3v) is 4.67. The summed E-state index contributed by atoms with van der Waals surface area (Å²) in [4.78, 5) is 12.2. The lowest BCUT2D eigenvalue weighted by Gasteiger charge is -2.23. The first-order chi connectivity index (χ1) is 11.7. The van der Waals surface area contributed by atoms with Gasteiger partial charge in [0.2, 0.25) is 15.9 Å². The van der Waals surface area contributed by atoms with Gasteiger partial charge in [0.25, 0.3) is 0 Å². The fourth-order valence-electron chi connectivity index (χ4n) is 2.31. The van der Waals surface area contributed by atoms with Crippen molar-refractivity contribution in [1.82, 2.24) is 5.32 Å². The summed E-state index contributed by atoms with van der Waals surface area (Å²) >= 11 is 0. The summed E-state index contributed by atoms with van der Waals surface area (Å²) in [5.41, 5.74) is 0.459. The number of anilines is 1. The molecule has 0 heterocycles. The summed E-state index contributed by atoms with van der Waals surface area (Å²) in [5.74, 6) is -2.50. The third-order valence-electron chi connectivity index (χ3n) is 3.54. The van der Waals surface area contributed by atoms with Crippen molar-refractivity contribution in [1.29, 1.82) is 0 Å². The third kappa shape index (κ3) is 4.99. The Labute approximate surface area is 145 Å². The number of rotatable bonds is 6. The van der Waals surface area contributed by atoms with Crippen LogP contribution in [0.25, 0.3) is 0 Å². The van der Waals surface area contributed by atoms with E-state index < -0.39 is 34.1 Å². The number of hydrogen-bond donors (Lipinski definition) is 1. The molecular weight excluding hydrogens is 350 g/mol. The van der Waals surface area contributed by atoms with E-state index in [0.29, 0.717) is 10.4 Å². The molecule has 0 saturated heterocycles. The van der Waals surface area contributed by atoms with Crippen LogP contribution >= 0.6 is 0 Å². The van der Waals surface area contributed by atoms with E-state index in [0.717, 1.165) is 24.0 Å². The lowest BCUT2D eigenvalue weighted by molar-refractivity contribution is -0.120. The molecule has 8 heteroatoms. The van der Waals surface area contributed by atoms with Crippen LogP contribution in [0.2, 0.25) is 0 Å². The molecule has 0 aliphatic heterocycles. The van der Waals surface area contributed by atoms with Crippen LogP contribution in [0, 0.1) is 11.6 Å². The fraction of sp³-hybridized carbons (Fsp3) is 0.235. The highest BCUT2D eigenvalue weighted by Gasteiger charge is 2.24. The number of carbonyl (C=O) groups excluding carboxylic acids is 1. The van der Waals surface area contributed by atoms with Crippen molar-refractivity contribution in [3.05, 3.63) is 65.7 Å². The van der Waals surface area contributed by atoms with Crippen molar-refractivity contribution in [2.45, 2.75) is 13.0 Å².